The standard InChI is InChI=1S/2C18H26N2O2.C18H22N2O2.C17H24N2O2.C16H22N2O2.C16H20N2O2/c1-12(2)20(13(3)4)10-9-15-11-19-16-7-6-8-17(18(15)16)22-14(5)21;2*1-4-10-20(11-5-2)12-9-15-13-19-16-7-6-8-17(18(15)16)22-14(3)21;1-5-19(12(2)3)10-9-14-11-18-15-7-6-8-16(17(14)15)21-13(4)20;1-11(2)18(4)9-8-13-10-17-14-6-5-7-15(16(13)14)20-12(3)19;1-4-9-18(3)10-8-13-11-17-14-6-5-7-15(16(13)14)20-12(2)19/h6-8,11-13,19H,9-10H2,1-5H3;6-8,13,19H,4-5,9-12H2,1-3H3;4-8,13,19H,1-2,9-12H2,3H3;6-8,11-12,18H,5,9-10H2,1-4H3;5-7,10-11,17H,8-9H2,1-4H3;4-7,11,17H,1,8-10H2,2-3H3. The van der Waals surface area contributed by atoms with Crippen molar-refractivity contribution >= 4 is 101 Å². The van der Waals surface area contributed by atoms with Gasteiger partial charge in [-0.25, -0.2) is 0 Å². The molecule has 0 unspecified atom stereocenters. The molecule has 12 aromatic rings. The van der Waals surface area contributed by atoms with Crippen molar-refractivity contribution in [2.75, 3.05) is 92.6 Å². The van der Waals surface area contributed by atoms with Gasteiger partial charge >= 0.3 is 35.8 Å². The van der Waals surface area contributed by atoms with Gasteiger partial charge in [0.05, 0.1) is 0 Å². The van der Waals surface area contributed by atoms with Crippen LogP contribution < -0.4 is 28.4 Å². The van der Waals surface area contributed by atoms with E-state index in [0.29, 0.717) is 58.7 Å². The van der Waals surface area contributed by atoms with E-state index in [9.17, 15) is 28.8 Å². The number of benzene rings is 6. The summed E-state index contributed by atoms with van der Waals surface area (Å²) in [5.74, 6) is 2.06. The number of esters is 6. The second-order valence-electron chi connectivity index (χ2n) is 33.0. The van der Waals surface area contributed by atoms with Gasteiger partial charge in [-0.3, -0.25) is 38.6 Å². The minimum absolute atomic E-state index is 0.279. The van der Waals surface area contributed by atoms with Crippen LogP contribution in [-0.4, -0.2) is 212 Å². The van der Waals surface area contributed by atoms with Crippen LogP contribution >= 0.6 is 0 Å². The van der Waals surface area contributed by atoms with Crippen molar-refractivity contribution in [1.29, 1.82) is 0 Å². The summed E-state index contributed by atoms with van der Waals surface area (Å²) in [5.41, 5.74) is 13.1. The molecule has 12 rings (SSSR count). The lowest BCUT2D eigenvalue weighted by atomic mass is 10.1. The molecular formula is C103H140N12O12. The zero-order valence-electron chi connectivity index (χ0n) is 78.7. The van der Waals surface area contributed by atoms with Crippen LogP contribution in [0.15, 0.2) is 184 Å². The molecule has 0 saturated carbocycles. The minimum atomic E-state index is -0.306. The quantitative estimate of drug-likeness (QED) is 0.0119. The lowest BCUT2D eigenvalue weighted by Crippen LogP contribution is -2.38. The number of aromatic amines is 6. The topological polar surface area (TPSA) is 272 Å². The van der Waals surface area contributed by atoms with Gasteiger partial charge in [-0.05, 0) is 247 Å². The number of hydrogen-bond acceptors (Lipinski definition) is 18. The van der Waals surface area contributed by atoms with Crippen molar-refractivity contribution in [1.82, 2.24) is 59.3 Å². The van der Waals surface area contributed by atoms with Gasteiger partial charge in [0, 0.05) is 227 Å². The normalized spacial score (nSPS) is 11.3. The highest BCUT2D eigenvalue weighted by Gasteiger charge is 2.22. The molecule has 24 heteroatoms. The first-order valence-electron chi connectivity index (χ1n) is 44.6. The van der Waals surface area contributed by atoms with E-state index in [1.54, 1.807) is 0 Å². The van der Waals surface area contributed by atoms with Crippen LogP contribution in [0.4, 0.5) is 0 Å². The molecule has 0 radical (unpaired) electrons. The Hall–Kier alpha value is -11.6. The zero-order valence-corrected chi connectivity index (χ0v) is 78.7. The Labute approximate surface area is 751 Å². The third-order valence-electron chi connectivity index (χ3n) is 21.9. The lowest BCUT2D eigenvalue weighted by molar-refractivity contribution is -0.132. The molecule has 0 aliphatic rings. The number of carbonyl (C=O) groups is 6. The molecule has 6 aromatic heterocycles. The van der Waals surface area contributed by atoms with Gasteiger partial charge in [0.15, 0.2) is 0 Å². The Morgan fingerprint density at radius 3 is 0.803 bits per heavy atom. The molecule has 684 valence electrons. The molecule has 6 heterocycles. The van der Waals surface area contributed by atoms with E-state index >= 15 is 0 Å². The number of H-pyrrole nitrogens is 6. The molecule has 0 fully saturated rings. The van der Waals surface area contributed by atoms with Gasteiger partial charge in [-0.2, -0.15) is 0 Å². The highest BCUT2D eigenvalue weighted by molar-refractivity contribution is 5.96. The SMILES string of the molecule is C=CCN(C)CCc1c[nH]c2cccc(OC(C)=O)c12.C=CCN(CC=C)CCc1c[nH]c2cccc(OC(C)=O)c12.CC(=O)Oc1cccc2[nH]cc(CCN(C(C)C)C(C)C)c12.CC(=O)Oc1cccc2[nH]cc(CCN(C)C(C)C)c12.CCCN(CCC)CCc1c[nH]c2cccc(OC(C)=O)c12.CCN(CCc1c[nH]c2cccc(OC(C)=O)c12)C(C)C. The number of likely N-dealkylation sites (N-methyl/N-ethyl adjacent to an activating group) is 3. The highest BCUT2D eigenvalue weighted by atomic mass is 16.6. The van der Waals surface area contributed by atoms with Gasteiger partial charge < -0.3 is 77.9 Å². The monoisotopic (exact) mass is 1740 g/mol. The summed E-state index contributed by atoms with van der Waals surface area (Å²) in [6, 6.07) is 36.5. The Bertz CT molecular complexity index is 5480. The number of carbonyl (C=O) groups excluding carboxylic acids is 6. The molecule has 0 spiro atoms. The molecule has 0 aliphatic heterocycles. The second-order valence-corrected chi connectivity index (χ2v) is 33.0. The van der Waals surface area contributed by atoms with E-state index < -0.39 is 0 Å². The molecule has 0 bridgehead atoms. The van der Waals surface area contributed by atoms with E-state index in [4.69, 9.17) is 28.4 Å². The van der Waals surface area contributed by atoms with E-state index in [2.05, 4.69) is 169 Å². The summed E-state index contributed by atoms with van der Waals surface area (Å²) < 4.78 is 32.0. The summed E-state index contributed by atoms with van der Waals surface area (Å²) in [7, 11) is 4.18. The number of rotatable bonds is 39. The summed E-state index contributed by atoms with van der Waals surface area (Å²) >= 11 is 0. The van der Waals surface area contributed by atoms with Crippen molar-refractivity contribution in [3.8, 4) is 34.5 Å². The molecule has 0 amide bonds. The number of aromatic nitrogens is 6. The van der Waals surface area contributed by atoms with Crippen molar-refractivity contribution in [2.24, 2.45) is 0 Å². The molecule has 24 nitrogen and oxygen atoms in total. The molecule has 0 aliphatic carbocycles. The Morgan fingerprint density at radius 1 is 0.315 bits per heavy atom. The fourth-order valence-electron chi connectivity index (χ4n) is 15.7. The first kappa shape index (κ1) is 102. The van der Waals surface area contributed by atoms with Gasteiger partial charge in [0.1, 0.15) is 34.5 Å². The average Bonchev–Trinajstić information content (AvgIpc) is 1.71. The molecule has 0 saturated heterocycles. The van der Waals surface area contributed by atoms with Gasteiger partial charge in [0.25, 0.3) is 0 Å². The van der Waals surface area contributed by atoms with Gasteiger partial charge in [-0.1, -0.05) is 75.4 Å². The van der Waals surface area contributed by atoms with E-state index in [1.807, 2.05) is 165 Å². The summed E-state index contributed by atoms with van der Waals surface area (Å²) in [6.45, 7) is 55.8. The third kappa shape index (κ3) is 31.7. The minimum Gasteiger partial charge on any atom is -0.426 e. The molecule has 6 N–H and O–H groups in total. The summed E-state index contributed by atoms with van der Waals surface area (Å²) in [6.07, 6.45) is 25.6. The van der Waals surface area contributed by atoms with E-state index in [0.717, 1.165) is 194 Å². The highest BCUT2D eigenvalue weighted by Crippen LogP contribution is 2.36. The maximum atomic E-state index is 11.3. The van der Waals surface area contributed by atoms with Crippen molar-refractivity contribution < 1.29 is 57.2 Å². The molecular weight excluding hydrogens is 1600 g/mol. The number of nitrogens with one attached hydrogen (secondary N) is 6. The molecule has 127 heavy (non-hydrogen) atoms. The fourth-order valence-corrected chi connectivity index (χ4v) is 15.7. The largest absolute Gasteiger partial charge is 0.426 e. The maximum absolute atomic E-state index is 11.3. The number of ether oxygens (including phenoxy) is 6. The molecule has 0 atom stereocenters. The Balaban J connectivity index is 0.000000209. The lowest BCUT2D eigenvalue weighted by Gasteiger charge is -2.30. The predicted molar refractivity (Wildman–Crippen MR) is 519 cm³/mol. The maximum Gasteiger partial charge on any atom is 0.308 e. The Morgan fingerprint density at radius 2 is 0.567 bits per heavy atom. The van der Waals surface area contributed by atoms with Crippen LogP contribution in [-0.2, 0) is 67.3 Å². The van der Waals surface area contributed by atoms with Crippen LogP contribution in [0.3, 0.4) is 0 Å². The summed E-state index contributed by atoms with van der Waals surface area (Å²) in [5, 5.41) is 6.06. The van der Waals surface area contributed by atoms with Crippen LogP contribution in [0.1, 0.15) is 164 Å². The van der Waals surface area contributed by atoms with Crippen LogP contribution in [0, 0.1) is 0 Å². The van der Waals surface area contributed by atoms with Gasteiger partial charge in [-0.15, -0.1) is 19.7 Å². The first-order chi connectivity index (χ1) is 60.8. The number of fused-ring (bicyclic) bond motifs is 6. The molecule has 6 aromatic carbocycles. The van der Waals surface area contributed by atoms with Crippen molar-refractivity contribution in [3.63, 3.8) is 0 Å². The first-order valence-corrected chi connectivity index (χ1v) is 44.6. The third-order valence-corrected chi connectivity index (χ3v) is 21.9. The van der Waals surface area contributed by atoms with Crippen molar-refractivity contribution in [2.45, 2.75) is 193 Å². The average molecular weight is 1740 g/mol. The predicted octanol–water partition coefficient (Wildman–Crippen LogP) is 19.9. The van der Waals surface area contributed by atoms with E-state index in [-0.39, 0.29) is 35.8 Å². The Kier molecular flexibility index (Phi) is 42.3. The van der Waals surface area contributed by atoms with Crippen LogP contribution in [0.25, 0.3) is 65.4 Å². The van der Waals surface area contributed by atoms with Crippen LogP contribution in [0.5, 0.6) is 34.5 Å². The smallest absolute Gasteiger partial charge is 0.308 e. The van der Waals surface area contributed by atoms with Gasteiger partial charge in [0.2, 0.25) is 0 Å². The fraction of sp³-hybridized carbons (Fsp3) is 0.417. The summed E-state index contributed by atoms with van der Waals surface area (Å²) in [4.78, 5) is 101. The second kappa shape index (κ2) is 52.5. The van der Waals surface area contributed by atoms with Crippen molar-refractivity contribution in [3.05, 3.63) is 218 Å². The zero-order chi connectivity index (χ0) is 92.8. The number of nitrogens with zero attached hydrogens (tertiary/aromatic N) is 6. The van der Waals surface area contributed by atoms with E-state index in [1.165, 1.54) is 76.6 Å². The number of hydrogen-bond donors (Lipinski definition) is 6. The van der Waals surface area contributed by atoms with Crippen LogP contribution in [0.2, 0.25) is 0 Å².